The molecular formula is C20H30ClN3O. The Morgan fingerprint density at radius 1 is 1.20 bits per heavy atom. The number of ether oxygens (including phenoxy) is 1. The maximum atomic E-state index is 6.29. The fourth-order valence-electron chi connectivity index (χ4n) is 4.60. The molecule has 0 bridgehead atoms. The maximum absolute atomic E-state index is 6.29. The van der Waals surface area contributed by atoms with E-state index in [-0.39, 0.29) is 5.60 Å². The maximum Gasteiger partial charge on any atom is 0.0723 e. The lowest BCUT2D eigenvalue weighted by Gasteiger charge is -2.36. The average Bonchev–Trinajstić information content (AvgIpc) is 3.00. The van der Waals surface area contributed by atoms with E-state index >= 15 is 0 Å². The van der Waals surface area contributed by atoms with Crippen LogP contribution >= 0.6 is 11.6 Å². The molecule has 4 nitrogen and oxygen atoms in total. The molecule has 3 aliphatic heterocycles. The third-order valence-electron chi connectivity index (χ3n) is 6.21. The zero-order valence-corrected chi connectivity index (χ0v) is 15.9. The average molecular weight is 364 g/mol. The molecule has 1 atom stereocenters. The van der Waals surface area contributed by atoms with Gasteiger partial charge < -0.3 is 20.3 Å². The van der Waals surface area contributed by atoms with Gasteiger partial charge >= 0.3 is 0 Å². The van der Waals surface area contributed by atoms with Gasteiger partial charge in [0, 0.05) is 35.9 Å². The van der Waals surface area contributed by atoms with E-state index in [9.17, 15) is 0 Å². The SMILES string of the molecule is Cc1ccc(N2CCC(NC3COC4(CCNCC4)C3)CC2)cc1Cl. The molecule has 3 fully saturated rings. The minimum Gasteiger partial charge on any atom is -0.373 e. The number of rotatable bonds is 3. The van der Waals surface area contributed by atoms with Crippen molar-refractivity contribution in [2.75, 3.05) is 37.7 Å². The van der Waals surface area contributed by atoms with Crippen LogP contribution in [0.3, 0.4) is 0 Å². The molecule has 3 saturated heterocycles. The molecule has 0 aromatic heterocycles. The standard InChI is InChI=1S/C20H30ClN3O/c1-15-2-3-18(12-19(15)21)24-10-4-16(5-11-24)23-17-13-20(25-14-17)6-8-22-9-7-20/h2-3,12,16-17,22-23H,4-11,13-14H2,1H3. The lowest BCUT2D eigenvalue weighted by atomic mass is 9.88. The van der Waals surface area contributed by atoms with E-state index < -0.39 is 0 Å². The van der Waals surface area contributed by atoms with E-state index in [0.717, 1.165) is 56.2 Å². The summed E-state index contributed by atoms with van der Waals surface area (Å²) in [6, 6.07) is 7.57. The first kappa shape index (κ1) is 17.6. The van der Waals surface area contributed by atoms with Gasteiger partial charge in [-0.3, -0.25) is 0 Å². The van der Waals surface area contributed by atoms with Gasteiger partial charge in [0.25, 0.3) is 0 Å². The molecule has 4 rings (SSSR count). The van der Waals surface area contributed by atoms with Crippen molar-refractivity contribution in [3.63, 3.8) is 0 Å². The molecule has 5 heteroatoms. The summed E-state index contributed by atoms with van der Waals surface area (Å²) in [6.45, 7) is 7.34. The number of piperidine rings is 2. The van der Waals surface area contributed by atoms with Crippen molar-refractivity contribution in [3.8, 4) is 0 Å². The van der Waals surface area contributed by atoms with E-state index in [4.69, 9.17) is 16.3 Å². The first-order chi connectivity index (χ1) is 12.1. The molecule has 3 heterocycles. The van der Waals surface area contributed by atoms with Crippen LogP contribution in [0.4, 0.5) is 5.69 Å². The number of nitrogens with zero attached hydrogens (tertiary/aromatic N) is 1. The van der Waals surface area contributed by atoms with Crippen LogP contribution in [-0.2, 0) is 4.74 Å². The fourth-order valence-corrected chi connectivity index (χ4v) is 4.77. The highest BCUT2D eigenvalue weighted by atomic mass is 35.5. The van der Waals surface area contributed by atoms with Crippen LogP contribution in [0.15, 0.2) is 18.2 Å². The first-order valence-electron chi connectivity index (χ1n) is 9.75. The van der Waals surface area contributed by atoms with Gasteiger partial charge in [0.15, 0.2) is 0 Å². The number of anilines is 1. The number of nitrogens with one attached hydrogen (secondary N) is 2. The molecule has 0 radical (unpaired) electrons. The monoisotopic (exact) mass is 363 g/mol. The second-order valence-electron chi connectivity index (χ2n) is 8.01. The minimum atomic E-state index is 0.155. The van der Waals surface area contributed by atoms with Gasteiger partial charge in [0.05, 0.1) is 12.2 Å². The Morgan fingerprint density at radius 2 is 1.96 bits per heavy atom. The minimum absolute atomic E-state index is 0.155. The molecule has 2 N–H and O–H groups in total. The zero-order chi connectivity index (χ0) is 17.3. The van der Waals surface area contributed by atoms with Gasteiger partial charge in [-0.05, 0) is 69.8 Å². The van der Waals surface area contributed by atoms with E-state index in [1.807, 2.05) is 0 Å². The lowest BCUT2D eigenvalue weighted by Crippen LogP contribution is -2.47. The molecule has 1 aromatic carbocycles. The molecule has 0 aliphatic carbocycles. The van der Waals surface area contributed by atoms with Gasteiger partial charge in [-0.15, -0.1) is 0 Å². The summed E-state index contributed by atoms with van der Waals surface area (Å²) in [5.41, 5.74) is 2.56. The summed E-state index contributed by atoms with van der Waals surface area (Å²) in [4.78, 5) is 2.46. The summed E-state index contributed by atoms with van der Waals surface area (Å²) in [5, 5.41) is 8.20. The zero-order valence-electron chi connectivity index (χ0n) is 15.2. The van der Waals surface area contributed by atoms with Crippen LogP contribution in [0.1, 0.15) is 37.7 Å². The van der Waals surface area contributed by atoms with Gasteiger partial charge in [0.2, 0.25) is 0 Å². The second kappa shape index (κ2) is 7.43. The van der Waals surface area contributed by atoms with Gasteiger partial charge in [0.1, 0.15) is 0 Å². The molecule has 0 amide bonds. The topological polar surface area (TPSA) is 36.5 Å². The van der Waals surface area contributed by atoms with Crippen molar-refractivity contribution in [1.29, 1.82) is 0 Å². The van der Waals surface area contributed by atoms with Gasteiger partial charge in [-0.1, -0.05) is 17.7 Å². The number of hydrogen-bond donors (Lipinski definition) is 2. The van der Waals surface area contributed by atoms with Crippen molar-refractivity contribution < 1.29 is 4.74 Å². The Kier molecular flexibility index (Phi) is 5.23. The fraction of sp³-hybridized carbons (Fsp3) is 0.700. The Labute approximate surface area is 156 Å². The van der Waals surface area contributed by atoms with E-state index in [2.05, 4.69) is 40.7 Å². The summed E-state index contributed by atoms with van der Waals surface area (Å²) in [5.74, 6) is 0. The van der Waals surface area contributed by atoms with E-state index in [1.54, 1.807) is 0 Å². The lowest BCUT2D eigenvalue weighted by molar-refractivity contribution is -0.0194. The second-order valence-corrected chi connectivity index (χ2v) is 8.41. The van der Waals surface area contributed by atoms with Crippen molar-refractivity contribution in [2.45, 2.75) is 56.7 Å². The van der Waals surface area contributed by atoms with Gasteiger partial charge in [-0.25, -0.2) is 0 Å². The Bertz CT molecular complexity index is 595. The first-order valence-corrected chi connectivity index (χ1v) is 10.1. The highest BCUT2D eigenvalue weighted by Gasteiger charge is 2.41. The van der Waals surface area contributed by atoms with Crippen molar-refractivity contribution in [2.24, 2.45) is 0 Å². The summed E-state index contributed by atoms with van der Waals surface area (Å²) >= 11 is 6.29. The molecule has 1 aromatic rings. The number of hydrogen-bond acceptors (Lipinski definition) is 4. The smallest absolute Gasteiger partial charge is 0.0723 e. The molecule has 138 valence electrons. The predicted octanol–water partition coefficient (Wildman–Crippen LogP) is 3.12. The Balaban J connectivity index is 1.27. The van der Waals surface area contributed by atoms with Crippen LogP contribution in [-0.4, -0.2) is 50.5 Å². The van der Waals surface area contributed by atoms with Crippen LogP contribution in [0, 0.1) is 6.92 Å². The quantitative estimate of drug-likeness (QED) is 0.865. The van der Waals surface area contributed by atoms with Gasteiger partial charge in [-0.2, -0.15) is 0 Å². The van der Waals surface area contributed by atoms with Crippen LogP contribution in [0.25, 0.3) is 0 Å². The predicted molar refractivity (Wildman–Crippen MR) is 104 cm³/mol. The molecule has 1 unspecified atom stereocenters. The number of benzene rings is 1. The van der Waals surface area contributed by atoms with Crippen molar-refractivity contribution in [1.82, 2.24) is 10.6 Å². The normalized spacial score (nSPS) is 27.1. The third kappa shape index (κ3) is 3.97. The third-order valence-corrected chi connectivity index (χ3v) is 6.62. The van der Waals surface area contributed by atoms with E-state index in [0.29, 0.717) is 12.1 Å². The summed E-state index contributed by atoms with van der Waals surface area (Å²) in [6.07, 6.45) is 5.89. The molecular weight excluding hydrogens is 334 g/mol. The Hall–Kier alpha value is -0.810. The van der Waals surface area contributed by atoms with E-state index in [1.165, 1.54) is 24.9 Å². The summed E-state index contributed by atoms with van der Waals surface area (Å²) < 4.78 is 6.22. The number of halogens is 1. The molecule has 1 spiro atoms. The highest BCUT2D eigenvalue weighted by Crippen LogP contribution is 2.34. The molecule has 25 heavy (non-hydrogen) atoms. The van der Waals surface area contributed by atoms with Crippen LogP contribution < -0.4 is 15.5 Å². The summed E-state index contributed by atoms with van der Waals surface area (Å²) in [7, 11) is 0. The highest BCUT2D eigenvalue weighted by molar-refractivity contribution is 6.31. The Morgan fingerprint density at radius 3 is 2.68 bits per heavy atom. The number of aryl methyl sites for hydroxylation is 1. The van der Waals surface area contributed by atoms with Crippen molar-refractivity contribution in [3.05, 3.63) is 28.8 Å². The van der Waals surface area contributed by atoms with Crippen molar-refractivity contribution >= 4 is 17.3 Å². The molecule has 0 saturated carbocycles. The van der Waals surface area contributed by atoms with Crippen LogP contribution in [0.2, 0.25) is 5.02 Å². The largest absolute Gasteiger partial charge is 0.373 e. The van der Waals surface area contributed by atoms with Crippen LogP contribution in [0.5, 0.6) is 0 Å². The molecule has 3 aliphatic rings.